The van der Waals surface area contributed by atoms with E-state index in [-0.39, 0.29) is 26.9 Å². The van der Waals surface area contributed by atoms with E-state index in [1.165, 1.54) is 24.1 Å². The van der Waals surface area contributed by atoms with Crippen molar-refractivity contribution >= 4 is 57.9 Å². The molecule has 0 saturated carbocycles. The predicted molar refractivity (Wildman–Crippen MR) is 128 cm³/mol. The van der Waals surface area contributed by atoms with Gasteiger partial charge in [0.05, 0.1) is 28.8 Å². The molecule has 2 aromatic carbocycles. The van der Waals surface area contributed by atoms with E-state index < -0.39 is 23.5 Å². The van der Waals surface area contributed by atoms with E-state index in [1.807, 2.05) is 0 Å². The Bertz CT molecular complexity index is 1290. The summed E-state index contributed by atoms with van der Waals surface area (Å²) in [6.07, 6.45) is 3.09. The fraction of sp³-hybridized carbons (Fsp3) is 0.125. The Morgan fingerprint density at radius 3 is 2.24 bits per heavy atom. The maximum atomic E-state index is 13.2. The summed E-state index contributed by atoms with van der Waals surface area (Å²) in [7, 11) is 1.41. The molecule has 1 fully saturated rings. The number of hydrogen-bond acceptors (Lipinski definition) is 5. The van der Waals surface area contributed by atoms with Crippen LogP contribution in [-0.4, -0.2) is 28.9 Å². The molecule has 2 heterocycles. The first-order valence-electron chi connectivity index (χ1n) is 9.75. The number of methoxy groups -OCH3 is 1. The van der Waals surface area contributed by atoms with Gasteiger partial charge in [-0.15, -0.1) is 0 Å². The Morgan fingerprint density at radius 1 is 1.03 bits per heavy atom. The van der Waals surface area contributed by atoms with E-state index >= 15 is 0 Å². The number of amides is 1. The molecule has 168 valence electrons. The van der Waals surface area contributed by atoms with Crippen LogP contribution in [0.4, 0.5) is 5.69 Å². The highest BCUT2D eigenvalue weighted by Gasteiger charge is 2.47. The van der Waals surface area contributed by atoms with Crippen LogP contribution in [0.5, 0.6) is 5.75 Å². The molecule has 1 atom stereocenters. The van der Waals surface area contributed by atoms with Gasteiger partial charge in [0, 0.05) is 28.7 Å². The van der Waals surface area contributed by atoms with Gasteiger partial charge in [0.2, 0.25) is 0 Å². The molecule has 0 radical (unpaired) electrons. The van der Waals surface area contributed by atoms with Crippen molar-refractivity contribution in [3.63, 3.8) is 0 Å². The number of ketones is 1. The van der Waals surface area contributed by atoms with Crippen LogP contribution in [0.1, 0.15) is 22.7 Å². The second-order valence-electron chi connectivity index (χ2n) is 7.35. The lowest BCUT2D eigenvalue weighted by Crippen LogP contribution is -2.30. The first-order chi connectivity index (χ1) is 15.7. The maximum absolute atomic E-state index is 13.2. The molecule has 1 N–H and O–H groups in total. The molecule has 33 heavy (non-hydrogen) atoms. The largest absolute Gasteiger partial charge is 0.507 e. The standard InChI is InChI=1S/C24H17Cl3N2O4/c1-12-9-15(25)3-4-18(12)29-20(13-5-7-28-8-6-13)19(22(31)24(29)32)21(30)14-10-16(26)23(33-2)17(27)11-14/h3-11,20,30H,1-2H3/b21-19+. The van der Waals surface area contributed by atoms with Crippen molar-refractivity contribution in [1.82, 2.24) is 4.98 Å². The summed E-state index contributed by atoms with van der Waals surface area (Å²) in [6.45, 7) is 1.78. The average Bonchev–Trinajstić information content (AvgIpc) is 3.04. The summed E-state index contributed by atoms with van der Waals surface area (Å²) in [5.41, 5.74) is 1.85. The normalized spacial score (nSPS) is 17.5. The molecule has 0 aliphatic carbocycles. The van der Waals surface area contributed by atoms with Crippen molar-refractivity contribution in [3.8, 4) is 5.75 Å². The van der Waals surface area contributed by atoms with Crippen LogP contribution in [-0.2, 0) is 9.59 Å². The Labute approximate surface area is 205 Å². The van der Waals surface area contributed by atoms with Crippen molar-refractivity contribution in [2.45, 2.75) is 13.0 Å². The van der Waals surface area contributed by atoms with Gasteiger partial charge in [0.15, 0.2) is 5.75 Å². The van der Waals surface area contributed by atoms with Gasteiger partial charge in [-0.25, -0.2) is 0 Å². The lowest BCUT2D eigenvalue weighted by molar-refractivity contribution is -0.132. The fourth-order valence-corrected chi connectivity index (χ4v) is 4.75. The van der Waals surface area contributed by atoms with Gasteiger partial charge in [-0.05, 0) is 60.5 Å². The number of carbonyl (C=O) groups excluding carboxylic acids is 2. The van der Waals surface area contributed by atoms with E-state index in [9.17, 15) is 14.7 Å². The minimum Gasteiger partial charge on any atom is -0.507 e. The molecule has 1 aromatic heterocycles. The third-order valence-electron chi connectivity index (χ3n) is 5.36. The number of carbonyl (C=O) groups is 2. The van der Waals surface area contributed by atoms with Crippen LogP contribution in [0.15, 0.2) is 60.4 Å². The molecule has 1 aliphatic rings. The smallest absolute Gasteiger partial charge is 0.300 e. The number of benzene rings is 2. The molecular formula is C24H17Cl3N2O4. The summed E-state index contributed by atoms with van der Waals surface area (Å²) in [6, 6.07) is 10.3. The zero-order chi connectivity index (χ0) is 23.9. The van der Waals surface area contributed by atoms with Gasteiger partial charge in [-0.3, -0.25) is 19.5 Å². The van der Waals surface area contributed by atoms with Crippen LogP contribution < -0.4 is 9.64 Å². The number of Topliss-reactive ketones (excluding diaryl/α,β-unsaturated/α-hetero) is 1. The lowest BCUT2D eigenvalue weighted by Gasteiger charge is -2.26. The number of ether oxygens (including phenoxy) is 1. The topological polar surface area (TPSA) is 79.7 Å². The van der Waals surface area contributed by atoms with Gasteiger partial charge in [0.25, 0.3) is 11.7 Å². The minimum absolute atomic E-state index is 0.0992. The quantitative estimate of drug-likeness (QED) is 0.269. The number of aromatic nitrogens is 1. The zero-order valence-electron chi connectivity index (χ0n) is 17.5. The first-order valence-corrected chi connectivity index (χ1v) is 10.9. The molecule has 4 rings (SSSR count). The van der Waals surface area contributed by atoms with E-state index in [0.717, 1.165) is 0 Å². The first kappa shape index (κ1) is 23.1. The molecule has 0 bridgehead atoms. The van der Waals surface area contributed by atoms with Crippen LogP contribution in [0, 0.1) is 6.92 Å². The molecule has 6 nitrogen and oxygen atoms in total. The third-order valence-corrected chi connectivity index (χ3v) is 6.16. The molecule has 1 unspecified atom stereocenters. The van der Waals surface area contributed by atoms with Gasteiger partial charge in [-0.1, -0.05) is 34.8 Å². The number of hydrogen-bond donors (Lipinski definition) is 1. The van der Waals surface area contributed by atoms with Crippen molar-refractivity contribution in [3.05, 3.63) is 92.2 Å². The van der Waals surface area contributed by atoms with Crippen molar-refractivity contribution < 1.29 is 19.4 Å². The minimum atomic E-state index is -0.910. The average molecular weight is 504 g/mol. The second kappa shape index (κ2) is 9.06. The summed E-state index contributed by atoms with van der Waals surface area (Å²) in [5, 5.41) is 12.0. The van der Waals surface area contributed by atoms with Crippen molar-refractivity contribution in [1.29, 1.82) is 0 Å². The molecule has 0 spiro atoms. The highest BCUT2D eigenvalue weighted by molar-refractivity contribution is 6.52. The van der Waals surface area contributed by atoms with Crippen molar-refractivity contribution in [2.75, 3.05) is 12.0 Å². The van der Waals surface area contributed by atoms with E-state index in [4.69, 9.17) is 39.5 Å². The van der Waals surface area contributed by atoms with Crippen LogP contribution in [0.25, 0.3) is 5.76 Å². The van der Waals surface area contributed by atoms with E-state index in [2.05, 4.69) is 4.98 Å². The number of nitrogens with zero attached hydrogens (tertiary/aromatic N) is 2. The maximum Gasteiger partial charge on any atom is 0.300 e. The Hall–Kier alpha value is -3.06. The number of anilines is 1. The molecule has 3 aromatic rings. The van der Waals surface area contributed by atoms with Crippen LogP contribution in [0.2, 0.25) is 15.1 Å². The summed E-state index contributed by atoms with van der Waals surface area (Å²) in [5.74, 6) is -1.80. The fourth-order valence-electron chi connectivity index (χ4n) is 3.88. The van der Waals surface area contributed by atoms with Crippen molar-refractivity contribution in [2.24, 2.45) is 0 Å². The summed E-state index contributed by atoms with van der Waals surface area (Å²) < 4.78 is 5.15. The monoisotopic (exact) mass is 502 g/mol. The molecular weight excluding hydrogens is 487 g/mol. The number of aliphatic hydroxyl groups is 1. The van der Waals surface area contributed by atoms with Gasteiger partial charge < -0.3 is 9.84 Å². The lowest BCUT2D eigenvalue weighted by atomic mass is 9.95. The number of halogens is 3. The number of pyridine rings is 1. The zero-order valence-corrected chi connectivity index (χ0v) is 19.7. The highest BCUT2D eigenvalue weighted by Crippen LogP contribution is 2.44. The highest BCUT2D eigenvalue weighted by atomic mass is 35.5. The SMILES string of the molecule is COc1c(Cl)cc(/C(O)=C2\C(=O)C(=O)N(c3ccc(Cl)cc3C)C2c2ccncc2)cc1Cl. The molecule has 1 aliphatic heterocycles. The Morgan fingerprint density at radius 2 is 1.67 bits per heavy atom. The number of aryl methyl sites for hydroxylation is 1. The number of aliphatic hydroxyl groups excluding tert-OH is 1. The summed E-state index contributed by atoms with van der Waals surface area (Å²) in [4.78, 5) is 31.8. The van der Waals surface area contributed by atoms with Crippen LogP contribution in [0.3, 0.4) is 0 Å². The number of rotatable bonds is 4. The molecule has 1 saturated heterocycles. The third kappa shape index (κ3) is 4.06. The van der Waals surface area contributed by atoms with Gasteiger partial charge >= 0.3 is 0 Å². The molecule has 1 amide bonds. The predicted octanol–water partition coefficient (Wildman–Crippen LogP) is 5.99. The van der Waals surface area contributed by atoms with Gasteiger partial charge in [-0.2, -0.15) is 0 Å². The van der Waals surface area contributed by atoms with E-state index in [1.54, 1.807) is 49.6 Å². The molecule has 9 heteroatoms. The van der Waals surface area contributed by atoms with Crippen LogP contribution >= 0.6 is 34.8 Å². The second-order valence-corrected chi connectivity index (χ2v) is 8.60. The Balaban J connectivity index is 1.97. The van der Waals surface area contributed by atoms with Gasteiger partial charge in [0.1, 0.15) is 5.76 Å². The van der Waals surface area contributed by atoms with E-state index in [0.29, 0.717) is 21.8 Å². The summed E-state index contributed by atoms with van der Waals surface area (Å²) >= 11 is 18.6. The Kier molecular flexibility index (Phi) is 6.34.